The Morgan fingerprint density at radius 3 is 2.45 bits per heavy atom. The molecule has 0 unspecified atom stereocenters. The van der Waals surface area contributed by atoms with Crippen molar-refractivity contribution in [1.82, 2.24) is 9.80 Å². The third kappa shape index (κ3) is 3.45. The molecule has 3 amide bonds. The summed E-state index contributed by atoms with van der Waals surface area (Å²) < 4.78 is 5.38. The summed E-state index contributed by atoms with van der Waals surface area (Å²) in [4.78, 5) is 39.5. The first-order chi connectivity index (χ1) is 10.1. The van der Waals surface area contributed by atoms with Gasteiger partial charge in [0.1, 0.15) is 12.1 Å². The molecule has 7 heteroatoms. The molecular weight excluding hydrogens is 352 g/mol. The minimum Gasteiger partial charge on any atom is -0.443 e. The van der Waals surface area contributed by atoms with Crippen LogP contribution in [0.4, 0.5) is 4.79 Å². The van der Waals surface area contributed by atoms with Gasteiger partial charge >= 0.3 is 6.09 Å². The van der Waals surface area contributed by atoms with Gasteiger partial charge in [-0.05, 0) is 33.6 Å². The third-order valence-electron chi connectivity index (χ3n) is 4.01. The Kier molecular flexibility index (Phi) is 4.84. The number of nitrogens with zero attached hydrogens (tertiary/aromatic N) is 2. The number of carbonyl (C=O) groups excluding carboxylic acids is 3. The van der Waals surface area contributed by atoms with Crippen molar-refractivity contribution in [3.8, 4) is 0 Å². The van der Waals surface area contributed by atoms with E-state index in [2.05, 4.69) is 15.9 Å². The zero-order chi connectivity index (χ0) is 16.7. The molecule has 1 saturated carbocycles. The van der Waals surface area contributed by atoms with Crippen LogP contribution < -0.4 is 0 Å². The van der Waals surface area contributed by atoms with E-state index >= 15 is 0 Å². The molecule has 3 atom stereocenters. The van der Waals surface area contributed by atoms with Gasteiger partial charge < -0.3 is 9.64 Å². The molecule has 0 radical (unpaired) electrons. The summed E-state index contributed by atoms with van der Waals surface area (Å²) in [7, 11) is 0. The minimum atomic E-state index is -0.666. The second-order valence-corrected chi connectivity index (χ2v) is 8.07. The van der Waals surface area contributed by atoms with Crippen molar-refractivity contribution in [1.29, 1.82) is 0 Å². The predicted molar refractivity (Wildman–Crippen MR) is 84.6 cm³/mol. The standard InChI is InChI=1S/C15H23BrN2O4/c1-9(19)17-8-12(20)18(14(21)22-15(2,3)4)13-10(16)6-5-7-11(13)17/h10-11,13H,5-8H2,1-4H3/t10-,11-,13+/m0/s1. The number of halogens is 1. The van der Waals surface area contributed by atoms with Crippen molar-refractivity contribution in [2.75, 3.05) is 6.54 Å². The van der Waals surface area contributed by atoms with Crippen molar-refractivity contribution >= 4 is 33.8 Å². The number of alkyl halides is 1. The van der Waals surface area contributed by atoms with Crippen molar-refractivity contribution < 1.29 is 19.1 Å². The number of amides is 3. The summed E-state index contributed by atoms with van der Waals surface area (Å²) in [6, 6.07) is -0.505. The third-order valence-corrected chi connectivity index (χ3v) is 5.01. The molecule has 1 aliphatic carbocycles. The fourth-order valence-corrected chi connectivity index (χ4v) is 4.08. The highest BCUT2D eigenvalue weighted by molar-refractivity contribution is 9.09. The van der Waals surface area contributed by atoms with Crippen LogP contribution >= 0.6 is 15.9 Å². The number of hydrogen-bond donors (Lipinski definition) is 0. The van der Waals surface area contributed by atoms with E-state index < -0.39 is 11.7 Å². The van der Waals surface area contributed by atoms with Gasteiger partial charge in [0.25, 0.3) is 5.91 Å². The molecule has 1 heterocycles. The van der Waals surface area contributed by atoms with E-state index in [-0.39, 0.29) is 35.3 Å². The van der Waals surface area contributed by atoms with E-state index in [1.165, 1.54) is 11.8 Å². The Labute approximate surface area is 139 Å². The number of piperazine rings is 1. The lowest BCUT2D eigenvalue weighted by Gasteiger charge is -2.49. The van der Waals surface area contributed by atoms with Crippen LogP contribution in [0.1, 0.15) is 47.0 Å². The number of hydrogen-bond acceptors (Lipinski definition) is 4. The minimum absolute atomic E-state index is 0.0233. The Balaban J connectivity index is 2.31. The highest BCUT2D eigenvalue weighted by Gasteiger charge is 2.50. The molecule has 6 nitrogen and oxygen atoms in total. The summed E-state index contributed by atoms with van der Waals surface area (Å²) in [5.41, 5.74) is -0.666. The van der Waals surface area contributed by atoms with E-state index in [9.17, 15) is 14.4 Å². The smallest absolute Gasteiger partial charge is 0.417 e. The molecule has 2 fully saturated rings. The van der Waals surface area contributed by atoms with Crippen LogP contribution in [0.5, 0.6) is 0 Å². The Hall–Kier alpha value is -1.11. The van der Waals surface area contributed by atoms with Gasteiger partial charge in [0.2, 0.25) is 5.91 Å². The van der Waals surface area contributed by atoms with E-state index in [0.717, 1.165) is 19.3 Å². The van der Waals surface area contributed by atoms with E-state index in [0.29, 0.717) is 0 Å². The molecular formula is C15H23BrN2O4. The molecule has 0 bridgehead atoms. The van der Waals surface area contributed by atoms with Crippen LogP contribution in [0.2, 0.25) is 0 Å². The molecule has 22 heavy (non-hydrogen) atoms. The van der Waals surface area contributed by atoms with Gasteiger partial charge in [-0.2, -0.15) is 0 Å². The van der Waals surface area contributed by atoms with Crippen molar-refractivity contribution in [3.63, 3.8) is 0 Å². The number of ether oxygens (including phenoxy) is 1. The molecule has 0 N–H and O–H groups in total. The van der Waals surface area contributed by atoms with Gasteiger partial charge in [-0.3, -0.25) is 9.59 Å². The summed E-state index contributed by atoms with van der Waals surface area (Å²) >= 11 is 3.58. The van der Waals surface area contributed by atoms with Gasteiger partial charge in [-0.15, -0.1) is 0 Å². The van der Waals surface area contributed by atoms with Gasteiger partial charge in [0.05, 0.1) is 12.1 Å². The van der Waals surface area contributed by atoms with Crippen molar-refractivity contribution in [2.45, 2.75) is 69.5 Å². The Morgan fingerprint density at radius 2 is 1.91 bits per heavy atom. The molecule has 0 aromatic carbocycles. The normalized spacial score (nSPS) is 29.1. The van der Waals surface area contributed by atoms with Crippen LogP contribution in [0.3, 0.4) is 0 Å². The average molecular weight is 375 g/mol. The fraction of sp³-hybridized carbons (Fsp3) is 0.800. The van der Waals surface area contributed by atoms with Crippen LogP contribution in [0.15, 0.2) is 0 Å². The topological polar surface area (TPSA) is 66.9 Å². The average Bonchev–Trinajstić information content (AvgIpc) is 2.36. The SMILES string of the molecule is CC(=O)N1CC(=O)N(C(=O)OC(C)(C)C)[C@@H]2[C@@H](Br)CCC[C@@H]21. The van der Waals surface area contributed by atoms with Gasteiger partial charge in [0.15, 0.2) is 0 Å². The molecule has 124 valence electrons. The maximum Gasteiger partial charge on any atom is 0.417 e. The molecule has 2 aliphatic rings. The molecule has 1 saturated heterocycles. The summed E-state index contributed by atoms with van der Waals surface area (Å²) in [6.45, 7) is 6.71. The van der Waals surface area contributed by atoms with Crippen molar-refractivity contribution in [3.05, 3.63) is 0 Å². The van der Waals surface area contributed by atoms with Crippen LogP contribution in [0.25, 0.3) is 0 Å². The lowest BCUT2D eigenvalue weighted by atomic mass is 9.86. The zero-order valence-electron chi connectivity index (χ0n) is 13.5. The first-order valence-electron chi connectivity index (χ1n) is 7.58. The maximum absolute atomic E-state index is 12.5. The Bertz CT molecular complexity index is 488. The number of rotatable bonds is 0. The van der Waals surface area contributed by atoms with Gasteiger partial charge in [-0.25, -0.2) is 9.69 Å². The number of carbonyl (C=O) groups is 3. The van der Waals surface area contributed by atoms with Crippen LogP contribution in [-0.2, 0) is 14.3 Å². The summed E-state index contributed by atoms with van der Waals surface area (Å²) in [5, 5.41) is 0. The molecule has 0 spiro atoms. The zero-order valence-corrected chi connectivity index (χ0v) is 15.1. The summed E-state index contributed by atoms with van der Waals surface area (Å²) in [5.74, 6) is -0.508. The van der Waals surface area contributed by atoms with E-state index in [1.807, 2.05) is 0 Å². The van der Waals surface area contributed by atoms with Crippen LogP contribution in [-0.4, -0.2) is 56.8 Å². The first-order valence-corrected chi connectivity index (χ1v) is 8.49. The van der Waals surface area contributed by atoms with Crippen molar-refractivity contribution in [2.24, 2.45) is 0 Å². The largest absolute Gasteiger partial charge is 0.443 e. The second-order valence-electron chi connectivity index (χ2n) is 6.90. The van der Waals surface area contributed by atoms with Crippen LogP contribution in [0, 0.1) is 0 Å². The van der Waals surface area contributed by atoms with E-state index in [4.69, 9.17) is 4.74 Å². The number of fused-ring (bicyclic) bond motifs is 1. The lowest BCUT2D eigenvalue weighted by molar-refractivity contribution is -0.152. The quantitative estimate of drug-likeness (QED) is 0.610. The number of imide groups is 1. The molecule has 0 aromatic heterocycles. The highest BCUT2D eigenvalue weighted by atomic mass is 79.9. The first kappa shape index (κ1) is 17.2. The Morgan fingerprint density at radius 1 is 1.27 bits per heavy atom. The lowest BCUT2D eigenvalue weighted by Crippen LogP contribution is -2.68. The van der Waals surface area contributed by atoms with E-state index in [1.54, 1.807) is 25.7 Å². The monoisotopic (exact) mass is 374 g/mol. The van der Waals surface area contributed by atoms with Gasteiger partial charge in [-0.1, -0.05) is 22.4 Å². The molecule has 2 rings (SSSR count). The fourth-order valence-electron chi connectivity index (χ4n) is 3.16. The molecule has 1 aliphatic heterocycles. The summed E-state index contributed by atoms with van der Waals surface area (Å²) in [6.07, 6.45) is 1.98. The van der Waals surface area contributed by atoms with Gasteiger partial charge in [0, 0.05) is 11.8 Å². The second kappa shape index (κ2) is 6.18. The predicted octanol–water partition coefficient (Wildman–Crippen LogP) is 2.30. The highest BCUT2D eigenvalue weighted by Crippen LogP contribution is 2.35. The molecule has 0 aromatic rings. The maximum atomic E-state index is 12.5.